The quantitative estimate of drug-likeness (QED) is 0.681. The molecule has 102 valence electrons. The van der Waals surface area contributed by atoms with Gasteiger partial charge in [0.25, 0.3) is 0 Å². The molecule has 1 saturated carbocycles. The van der Waals surface area contributed by atoms with Crippen LogP contribution in [0.1, 0.15) is 45.4 Å². The van der Waals surface area contributed by atoms with E-state index in [1.165, 1.54) is 0 Å². The number of carbonyl (C=O) groups is 3. The van der Waals surface area contributed by atoms with Crippen molar-refractivity contribution in [3.8, 4) is 0 Å². The van der Waals surface area contributed by atoms with Gasteiger partial charge < -0.3 is 15.5 Å². The van der Waals surface area contributed by atoms with Crippen molar-refractivity contribution in [2.75, 3.05) is 0 Å². The first-order valence-corrected chi connectivity index (χ1v) is 6.11. The largest absolute Gasteiger partial charge is 0.481 e. The summed E-state index contributed by atoms with van der Waals surface area (Å²) >= 11 is 0. The van der Waals surface area contributed by atoms with Crippen molar-refractivity contribution in [2.24, 2.45) is 5.41 Å². The van der Waals surface area contributed by atoms with E-state index in [0.717, 1.165) is 32.1 Å². The number of hydrogen-bond donors (Lipinski definition) is 3. The van der Waals surface area contributed by atoms with Gasteiger partial charge >= 0.3 is 11.9 Å². The van der Waals surface area contributed by atoms with Gasteiger partial charge in [0.2, 0.25) is 5.91 Å². The maximum atomic E-state index is 12.0. The fraction of sp³-hybridized carbons (Fsp3) is 0.750. The zero-order valence-corrected chi connectivity index (χ0v) is 10.4. The van der Waals surface area contributed by atoms with Crippen molar-refractivity contribution in [2.45, 2.75) is 51.5 Å². The van der Waals surface area contributed by atoms with E-state index >= 15 is 0 Å². The lowest BCUT2D eigenvalue weighted by molar-refractivity contribution is -0.148. The topological polar surface area (TPSA) is 104 Å². The number of rotatable bonds is 5. The highest BCUT2D eigenvalue weighted by atomic mass is 16.4. The number of nitrogens with one attached hydrogen (secondary N) is 1. The Morgan fingerprint density at radius 3 is 2.17 bits per heavy atom. The molecule has 1 aliphatic carbocycles. The zero-order valence-electron chi connectivity index (χ0n) is 10.4. The van der Waals surface area contributed by atoms with E-state index in [-0.39, 0.29) is 5.91 Å². The minimum atomic E-state index is -1.35. The van der Waals surface area contributed by atoms with Gasteiger partial charge in [-0.1, -0.05) is 26.2 Å². The summed E-state index contributed by atoms with van der Waals surface area (Å²) in [6.45, 7) is 1.81. The molecule has 0 unspecified atom stereocenters. The summed E-state index contributed by atoms with van der Waals surface area (Å²) in [6.07, 6.45) is 3.81. The van der Waals surface area contributed by atoms with Crippen molar-refractivity contribution < 1.29 is 24.6 Å². The van der Waals surface area contributed by atoms with Crippen molar-refractivity contribution in [3.05, 3.63) is 0 Å². The third-order valence-electron chi connectivity index (χ3n) is 3.49. The molecule has 0 aromatic rings. The number of aliphatic carboxylic acids is 2. The van der Waals surface area contributed by atoms with E-state index in [4.69, 9.17) is 10.2 Å². The molecule has 0 spiro atoms. The first kappa shape index (κ1) is 14.5. The standard InChI is InChI=1S/C12H19NO5/c1-12(5-3-2-4-6-12)11(18)13-8(10(16)17)7-9(14)15/h8H,2-7H2,1H3,(H,13,18)(H,14,15)(H,16,17)/t8-/m0/s1. The third kappa shape index (κ3) is 3.72. The first-order valence-electron chi connectivity index (χ1n) is 6.11. The molecule has 1 amide bonds. The molecule has 0 aliphatic heterocycles. The normalized spacial score (nSPS) is 19.8. The molecule has 0 saturated heterocycles. The maximum Gasteiger partial charge on any atom is 0.326 e. The van der Waals surface area contributed by atoms with Crippen molar-refractivity contribution in [1.82, 2.24) is 5.32 Å². The average Bonchev–Trinajstić information content (AvgIpc) is 2.28. The fourth-order valence-corrected chi connectivity index (χ4v) is 2.27. The minimum Gasteiger partial charge on any atom is -0.481 e. The van der Waals surface area contributed by atoms with E-state index in [2.05, 4.69) is 5.32 Å². The lowest BCUT2D eigenvalue weighted by atomic mass is 9.75. The third-order valence-corrected chi connectivity index (χ3v) is 3.49. The Labute approximate surface area is 105 Å². The molecule has 0 aromatic carbocycles. The van der Waals surface area contributed by atoms with Gasteiger partial charge in [-0.15, -0.1) is 0 Å². The van der Waals surface area contributed by atoms with E-state index in [1.54, 1.807) is 6.92 Å². The van der Waals surface area contributed by atoms with Gasteiger partial charge in [-0.2, -0.15) is 0 Å². The average molecular weight is 257 g/mol. The molecule has 3 N–H and O–H groups in total. The summed E-state index contributed by atoms with van der Waals surface area (Å²) in [7, 11) is 0. The van der Waals surface area contributed by atoms with Crippen LogP contribution in [-0.2, 0) is 14.4 Å². The van der Waals surface area contributed by atoms with Crippen LogP contribution in [0.2, 0.25) is 0 Å². The van der Waals surface area contributed by atoms with Gasteiger partial charge in [0.1, 0.15) is 6.04 Å². The van der Waals surface area contributed by atoms with Crippen LogP contribution in [0.5, 0.6) is 0 Å². The molecule has 18 heavy (non-hydrogen) atoms. The second kappa shape index (κ2) is 5.84. The molecule has 0 aromatic heterocycles. The number of carbonyl (C=O) groups excluding carboxylic acids is 1. The number of amides is 1. The molecular formula is C12H19NO5. The van der Waals surface area contributed by atoms with Crippen molar-refractivity contribution in [1.29, 1.82) is 0 Å². The molecule has 0 bridgehead atoms. The summed E-state index contributed by atoms with van der Waals surface area (Å²) in [6, 6.07) is -1.35. The molecule has 1 fully saturated rings. The summed E-state index contributed by atoms with van der Waals surface area (Å²) in [4.78, 5) is 33.5. The zero-order chi connectivity index (χ0) is 13.8. The van der Waals surface area contributed by atoms with Gasteiger partial charge in [-0.3, -0.25) is 9.59 Å². The molecule has 0 heterocycles. The van der Waals surface area contributed by atoms with Crippen LogP contribution < -0.4 is 5.32 Å². The monoisotopic (exact) mass is 257 g/mol. The van der Waals surface area contributed by atoms with Gasteiger partial charge in [0.05, 0.1) is 6.42 Å². The molecule has 0 radical (unpaired) electrons. The molecule has 1 atom stereocenters. The molecule has 6 nitrogen and oxygen atoms in total. The summed E-state index contributed by atoms with van der Waals surface area (Å²) in [5.74, 6) is -2.91. The van der Waals surface area contributed by atoms with Crippen LogP contribution in [0.3, 0.4) is 0 Å². The molecular weight excluding hydrogens is 238 g/mol. The van der Waals surface area contributed by atoms with Crippen LogP contribution >= 0.6 is 0 Å². The van der Waals surface area contributed by atoms with Crippen molar-refractivity contribution >= 4 is 17.8 Å². The van der Waals surface area contributed by atoms with Crippen LogP contribution in [0.15, 0.2) is 0 Å². The smallest absolute Gasteiger partial charge is 0.326 e. The van der Waals surface area contributed by atoms with Crippen LogP contribution in [-0.4, -0.2) is 34.1 Å². The highest BCUT2D eigenvalue weighted by molar-refractivity contribution is 5.89. The number of carboxylic acid groups (broad SMARTS) is 2. The molecule has 6 heteroatoms. The second-order valence-electron chi connectivity index (χ2n) is 5.08. The predicted molar refractivity (Wildman–Crippen MR) is 63.0 cm³/mol. The Balaban J connectivity index is 2.65. The predicted octanol–water partition coefficient (Wildman–Crippen LogP) is 1.00. The van der Waals surface area contributed by atoms with Gasteiger partial charge in [0, 0.05) is 5.41 Å². The van der Waals surface area contributed by atoms with Gasteiger partial charge in [-0.05, 0) is 12.8 Å². The minimum absolute atomic E-state index is 0.351. The lowest BCUT2D eigenvalue weighted by Crippen LogP contribution is -2.48. The van der Waals surface area contributed by atoms with E-state index in [9.17, 15) is 14.4 Å². The second-order valence-corrected chi connectivity index (χ2v) is 5.08. The number of hydrogen-bond acceptors (Lipinski definition) is 3. The van der Waals surface area contributed by atoms with Gasteiger partial charge in [-0.25, -0.2) is 4.79 Å². The van der Waals surface area contributed by atoms with E-state index in [1.807, 2.05) is 0 Å². The highest BCUT2D eigenvalue weighted by Crippen LogP contribution is 2.35. The Bertz CT molecular complexity index is 346. The summed E-state index contributed by atoms with van der Waals surface area (Å²) < 4.78 is 0. The fourth-order valence-electron chi connectivity index (χ4n) is 2.27. The van der Waals surface area contributed by atoms with E-state index < -0.39 is 29.8 Å². The Morgan fingerprint density at radius 2 is 1.72 bits per heavy atom. The molecule has 1 rings (SSSR count). The van der Waals surface area contributed by atoms with Crippen LogP contribution in [0.25, 0.3) is 0 Å². The van der Waals surface area contributed by atoms with Gasteiger partial charge in [0.15, 0.2) is 0 Å². The summed E-state index contributed by atoms with van der Waals surface area (Å²) in [5.41, 5.74) is -0.565. The maximum absolute atomic E-state index is 12.0. The molecule has 1 aliphatic rings. The highest BCUT2D eigenvalue weighted by Gasteiger charge is 2.36. The number of carboxylic acids is 2. The Hall–Kier alpha value is -1.59. The van der Waals surface area contributed by atoms with Crippen molar-refractivity contribution in [3.63, 3.8) is 0 Å². The van der Waals surface area contributed by atoms with Crippen LogP contribution in [0.4, 0.5) is 0 Å². The van der Waals surface area contributed by atoms with E-state index in [0.29, 0.717) is 0 Å². The van der Waals surface area contributed by atoms with Crippen LogP contribution in [0, 0.1) is 5.41 Å². The Morgan fingerprint density at radius 1 is 1.17 bits per heavy atom. The SMILES string of the molecule is CC1(C(=O)N[C@@H](CC(=O)O)C(=O)O)CCCCC1. The summed E-state index contributed by atoms with van der Waals surface area (Å²) in [5, 5.41) is 19.8. The first-order chi connectivity index (χ1) is 8.35. The lowest BCUT2D eigenvalue weighted by Gasteiger charge is -2.32. The Kier molecular flexibility index (Phi) is 4.69.